The van der Waals surface area contributed by atoms with Crippen molar-refractivity contribution in [3.63, 3.8) is 0 Å². The fraction of sp³-hybridized carbons (Fsp3) is 0.611. The third-order valence-corrected chi connectivity index (χ3v) is 9.34. The number of ether oxygens (including phenoxy) is 4. The molecule has 0 spiro atoms. The molecule has 0 bridgehead atoms. The molecule has 2 saturated heterocycles. The van der Waals surface area contributed by atoms with Crippen LogP contribution in [0.25, 0.3) is 0 Å². The minimum Gasteiger partial charge on any atom is -0.508 e. The van der Waals surface area contributed by atoms with Crippen molar-refractivity contribution >= 4 is 23.8 Å². The van der Waals surface area contributed by atoms with Gasteiger partial charge in [-0.05, 0) is 23.6 Å². The Hall–Kier alpha value is -4.60. The van der Waals surface area contributed by atoms with Crippen molar-refractivity contribution < 1.29 is 28.8 Å². The van der Waals surface area contributed by atoms with Gasteiger partial charge < -0.3 is 49.8 Å². The molecule has 4 N–H and O–H groups in total. The van der Waals surface area contributed by atoms with E-state index in [1.807, 2.05) is 17.0 Å². The average molecular weight is 736 g/mol. The maximum atomic E-state index is 14.2. The Morgan fingerprint density at radius 3 is 2.26 bits per heavy atom. The summed E-state index contributed by atoms with van der Waals surface area (Å²) in [4.78, 5) is 34.6. The number of morpholine rings is 1. The van der Waals surface area contributed by atoms with Gasteiger partial charge in [0.1, 0.15) is 18.4 Å². The lowest BCUT2D eigenvalue weighted by Crippen LogP contribution is -2.51. The number of hydrogen-bond donors (Lipinski definition) is 3. The first-order valence-corrected chi connectivity index (χ1v) is 18.3. The van der Waals surface area contributed by atoms with E-state index in [1.54, 1.807) is 23.0 Å². The molecule has 2 fully saturated rings. The van der Waals surface area contributed by atoms with Crippen LogP contribution < -0.4 is 20.9 Å². The number of carbonyl (C=O) groups is 1. The highest BCUT2D eigenvalue weighted by Crippen LogP contribution is 2.25. The van der Waals surface area contributed by atoms with E-state index in [0.717, 1.165) is 12.0 Å². The number of hydrogen-bond acceptors (Lipinski definition) is 15. The SMILES string of the molecule is C#CCOCCOCCOCCNc1nc(N2CCOCC2)nc(N2CCN(C(=O)[C@@H](Cc3ccc(O)cc3)n3cc([C@@H](N)C(C)CC)nn3)CC2)n1. The third-order valence-electron chi connectivity index (χ3n) is 9.34. The zero-order chi connectivity index (χ0) is 37.4. The molecule has 1 amide bonds. The second-order valence-electron chi connectivity index (χ2n) is 13.0. The van der Waals surface area contributed by atoms with Crippen LogP contribution in [0.3, 0.4) is 0 Å². The van der Waals surface area contributed by atoms with Gasteiger partial charge in [-0.1, -0.05) is 43.5 Å². The minimum absolute atomic E-state index is 0.0686. The fourth-order valence-corrected chi connectivity index (χ4v) is 5.91. The Labute approximate surface area is 311 Å². The molecular weight excluding hydrogens is 682 g/mol. The van der Waals surface area contributed by atoms with Gasteiger partial charge in [0.05, 0.1) is 64.2 Å². The van der Waals surface area contributed by atoms with Gasteiger partial charge in [0.15, 0.2) is 0 Å². The molecule has 3 aromatic rings. The number of aromatic nitrogens is 6. The van der Waals surface area contributed by atoms with Crippen molar-refractivity contribution in [1.82, 2.24) is 34.8 Å². The Morgan fingerprint density at radius 2 is 1.60 bits per heavy atom. The number of aromatic hydroxyl groups is 1. The molecule has 2 aliphatic rings. The smallest absolute Gasteiger partial charge is 0.247 e. The summed E-state index contributed by atoms with van der Waals surface area (Å²) < 4.78 is 23.6. The van der Waals surface area contributed by atoms with Crippen molar-refractivity contribution in [2.75, 3.05) is 114 Å². The van der Waals surface area contributed by atoms with Gasteiger partial charge in [0.25, 0.3) is 0 Å². The van der Waals surface area contributed by atoms with Gasteiger partial charge in [-0.2, -0.15) is 15.0 Å². The number of phenolic OH excluding ortho intramolecular Hbond substituents is 1. The van der Waals surface area contributed by atoms with Gasteiger partial charge >= 0.3 is 0 Å². The zero-order valence-electron chi connectivity index (χ0n) is 30.8. The van der Waals surface area contributed by atoms with Crippen molar-refractivity contribution in [2.45, 2.75) is 38.8 Å². The van der Waals surface area contributed by atoms with Gasteiger partial charge in [-0.15, -0.1) is 11.5 Å². The monoisotopic (exact) mass is 735 g/mol. The molecule has 1 unspecified atom stereocenters. The van der Waals surface area contributed by atoms with Gasteiger partial charge in [0.2, 0.25) is 23.8 Å². The van der Waals surface area contributed by atoms with E-state index in [9.17, 15) is 9.90 Å². The van der Waals surface area contributed by atoms with E-state index in [4.69, 9.17) is 46.1 Å². The molecular formula is C36H53N11O6. The molecule has 53 heavy (non-hydrogen) atoms. The van der Waals surface area contributed by atoms with Crippen LogP contribution in [0, 0.1) is 18.3 Å². The average Bonchev–Trinajstić information content (AvgIpc) is 3.69. The normalized spacial score (nSPS) is 16.6. The molecule has 0 radical (unpaired) electrons. The second-order valence-corrected chi connectivity index (χ2v) is 13.0. The molecule has 17 nitrogen and oxygen atoms in total. The van der Waals surface area contributed by atoms with E-state index in [2.05, 4.69) is 45.2 Å². The molecule has 3 atom stereocenters. The van der Waals surface area contributed by atoms with Crippen LogP contribution in [0.2, 0.25) is 0 Å². The number of anilines is 3. The minimum atomic E-state index is -0.640. The number of amides is 1. The number of rotatable bonds is 20. The highest BCUT2D eigenvalue weighted by Gasteiger charge is 2.32. The van der Waals surface area contributed by atoms with E-state index >= 15 is 0 Å². The lowest BCUT2D eigenvalue weighted by Gasteiger charge is -2.36. The third kappa shape index (κ3) is 11.7. The number of nitrogens with two attached hydrogens (primary N) is 1. The van der Waals surface area contributed by atoms with Crippen LogP contribution in [0.5, 0.6) is 5.75 Å². The summed E-state index contributed by atoms with van der Waals surface area (Å²) in [7, 11) is 0. The second kappa shape index (κ2) is 20.6. The maximum Gasteiger partial charge on any atom is 0.247 e. The summed E-state index contributed by atoms with van der Waals surface area (Å²) in [5.41, 5.74) is 8.02. The lowest BCUT2D eigenvalue weighted by atomic mass is 9.98. The summed E-state index contributed by atoms with van der Waals surface area (Å²) in [6, 6.07) is 5.95. The van der Waals surface area contributed by atoms with Crippen LogP contribution >= 0.6 is 0 Å². The quantitative estimate of drug-likeness (QED) is 0.111. The Morgan fingerprint density at radius 1 is 0.962 bits per heavy atom. The molecule has 5 rings (SSSR count). The van der Waals surface area contributed by atoms with Crippen molar-refractivity contribution in [3.05, 3.63) is 41.7 Å². The van der Waals surface area contributed by atoms with Gasteiger partial charge in [-0.25, -0.2) is 4.68 Å². The number of carbonyl (C=O) groups excluding carboxylic acids is 1. The molecule has 17 heteroatoms. The van der Waals surface area contributed by atoms with Crippen LogP contribution in [-0.4, -0.2) is 145 Å². The summed E-state index contributed by atoms with van der Waals surface area (Å²) in [5.74, 6) is 4.29. The predicted molar refractivity (Wildman–Crippen MR) is 199 cm³/mol. The van der Waals surface area contributed by atoms with Crippen LogP contribution in [0.1, 0.15) is 43.6 Å². The highest BCUT2D eigenvalue weighted by molar-refractivity contribution is 5.81. The summed E-state index contributed by atoms with van der Waals surface area (Å²) >= 11 is 0. The molecule has 2 aromatic heterocycles. The number of terminal acetylenes is 1. The maximum absolute atomic E-state index is 14.2. The van der Waals surface area contributed by atoms with Crippen molar-refractivity contribution in [2.24, 2.45) is 11.7 Å². The van der Waals surface area contributed by atoms with Gasteiger partial charge in [-0.3, -0.25) is 4.79 Å². The highest BCUT2D eigenvalue weighted by atomic mass is 16.5. The first-order valence-electron chi connectivity index (χ1n) is 18.3. The van der Waals surface area contributed by atoms with Gasteiger partial charge in [0, 0.05) is 52.2 Å². The van der Waals surface area contributed by atoms with E-state index in [1.165, 1.54) is 0 Å². The predicted octanol–water partition coefficient (Wildman–Crippen LogP) is 1.28. The lowest BCUT2D eigenvalue weighted by molar-refractivity contribution is -0.135. The van der Waals surface area contributed by atoms with Crippen LogP contribution in [-0.2, 0) is 30.2 Å². The Kier molecular flexibility index (Phi) is 15.4. The molecule has 0 saturated carbocycles. The van der Waals surface area contributed by atoms with Crippen molar-refractivity contribution in [3.8, 4) is 18.1 Å². The summed E-state index contributed by atoms with van der Waals surface area (Å²) in [5, 5.41) is 21.9. The topological polar surface area (TPSA) is 191 Å². The zero-order valence-corrected chi connectivity index (χ0v) is 30.8. The Bertz CT molecular complexity index is 1590. The van der Waals surface area contributed by atoms with Crippen LogP contribution in [0.15, 0.2) is 30.5 Å². The molecule has 288 valence electrons. The molecule has 2 aliphatic heterocycles. The number of nitrogens with one attached hydrogen (secondary N) is 1. The molecule has 0 aliphatic carbocycles. The largest absolute Gasteiger partial charge is 0.508 e. The number of nitrogens with zero attached hydrogens (tertiary/aromatic N) is 9. The molecule has 1 aromatic carbocycles. The number of phenols is 1. The molecule has 4 heterocycles. The number of benzene rings is 1. The first-order chi connectivity index (χ1) is 25.9. The number of piperazine rings is 1. The van der Waals surface area contributed by atoms with Crippen LogP contribution in [0.4, 0.5) is 17.8 Å². The Balaban J connectivity index is 1.21. The fourth-order valence-electron chi connectivity index (χ4n) is 5.91. The first kappa shape index (κ1) is 39.6. The van der Waals surface area contributed by atoms with E-state index in [-0.39, 0.29) is 30.2 Å². The van der Waals surface area contributed by atoms with E-state index in [0.29, 0.717) is 122 Å². The summed E-state index contributed by atoms with van der Waals surface area (Å²) in [6.45, 7) is 11.7. The summed E-state index contributed by atoms with van der Waals surface area (Å²) in [6.07, 6.45) is 8.24. The van der Waals surface area contributed by atoms with Crippen molar-refractivity contribution in [1.29, 1.82) is 0 Å². The standard InChI is InChI=1S/C36H53N11O6/c1-4-17-50-21-23-53-24-22-51-18-10-38-34-39-35(41-36(40-34)46-15-19-52-20-16-46)45-13-11-44(12-14-45)33(49)31(25-28-6-8-29(48)9-7-28)47-26-30(42-43-47)32(37)27(3)5-2/h1,6-9,26-27,31-32,48H,5,10-25,37H2,2-3H3,(H,38,39,40,41)/t27?,31-,32+/m1/s1. The van der Waals surface area contributed by atoms with E-state index < -0.39 is 6.04 Å².